The van der Waals surface area contributed by atoms with Gasteiger partial charge >= 0.3 is 5.69 Å². The fourth-order valence-corrected chi connectivity index (χ4v) is 2.03. The predicted molar refractivity (Wildman–Crippen MR) is 76.3 cm³/mol. The van der Waals surface area contributed by atoms with Crippen LogP contribution in [0.1, 0.15) is 11.4 Å². The minimum Gasteiger partial charge on any atom is -0.484 e. The van der Waals surface area contributed by atoms with E-state index in [0.29, 0.717) is 0 Å². The summed E-state index contributed by atoms with van der Waals surface area (Å²) < 4.78 is 7.03. The molecule has 2 rings (SSSR count). The molecule has 1 N–H and O–H groups in total. The first kappa shape index (κ1) is 15.0. The molecule has 0 bridgehead atoms. The van der Waals surface area contributed by atoms with Crippen LogP contribution in [0.15, 0.2) is 30.3 Å². The van der Waals surface area contributed by atoms with Crippen molar-refractivity contribution < 1.29 is 14.8 Å². The van der Waals surface area contributed by atoms with Crippen LogP contribution in [0.3, 0.4) is 0 Å². The van der Waals surface area contributed by atoms with E-state index in [1.807, 2.05) is 19.9 Å². The topological polar surface area (TPSA) is 90.4 Å². The number of nitrogens with zero attached hydrogens (tertiary/aromatic N) is 3. The zero-order valence-electron chi connectivity index (χ0n) is 11.9. The molecule has 0 aliphatic carbocycles. The minimum atomic E-state index is -0.803. The number of ether oxygens (including phenoxy) is 1. The number of aliphatic hydroxyl groups excluding tert-OH is 1. The summed E-state index contributed by atoms with van der Waals surface area (Å²) in [6.45, 7) is 4.01. The molecule has 0 saturated carbocycles. The van der Waals surface area contributed by atoms with Crippen molar-refractivity contribution in [1.82, 2.24) is 9.78 Å². The summed E-state index contributed by atoms with van der Waals surface area (Å²) in [6, 6.07) is 8.00. The van der Waals surface area contributed by atoms with Gasteiger partial charge in [-0.2, -0.15) is 5.10 Å². The molecule has 0 amide bonds. The highest BCUT2D eigenvalue weighted by molar-refractivity contribution is 5.45. The van der Waals surface area contributed by atoms with Crippen LogP contribution in [0.2, 0.25) is 0 Å². The van der Waals surface area contributed by atoms with Crippen LogP contribution >= 0.6 is 0 Å². The van der Waals surface area contributed by atoms with E-state index in [-0.39, 0.29) is 24.6 Å². The average molecular weight is 291 g/mol. The van der Waals surface area contributed by atoms with Gasteiger partial charge in [0.15, 0.2) is 5.75 Å². The molecule has 1 atom stereocenters. The zero-order valence-corrected chi connectivity index (χ0v) is 11.9. The van der Waals surface area contributed by atoms with E-state index in [1.54, 1.807) is 16.8 Å². The van der Waals surface area contributed by atoms with Crippen molar-refractivity contribution in [2.24, 2.45) is 0 Å². The molecule has 7 heteroatoms. The highest BCUT2D eigenvalue weighted by Gasteiger charge is 2.16. The molecule has 0 aliphatic heterocycles. The Morgan fingerprint density at radius 1 is 1.43 bits per heavy atom. The number of aromatic nitrogens is 2. The molecule has 21 heavy (non-hydrogen) atoms. The quantitative estimate of drug-likeness (QED) is 0.648. The lowest BCUT2D eigenvalue weighted by Gasteiger charge is -2.13. The van der Waals surface area contributed by atoms with Crippen LogP contribution in [0.5, 0.6) is 5.75 Å². The first-order valence-corrected chi connectivity index (χ1v) is 6.52. The number of aryl methyl sites for hydroxylation is 2. The lowest BCUT2D eigenvalue weighted by Crippen LogP contribution is -2.25. The molecular formula is C14H17N3O4. The van der Waals surface area contributed by atoms with Gasteiger partial charge in [-0.05, 0) is 26.0 Å². The summed E-state index contributed by atoms with van der Waals surface area (Å²) in [4.78, 5) is 10.3. The standard InChI is InChI=1S/C14H17N3O4/c1-10-7-11(2)16(15-10)8-12(18)9-21-14-6-4-3-5-13(14)17(19)20/h3-7,12,18H,8-9H2,1-2H3/t12-/m1/s1. The fraction of sp³-hybridized carbons (Fsp3) is 0.357. The van der Waals surface area contributed by atoms with E-state index in [1.165, 1.54) is 12.1 Å². The Labute approximate surface area is 121 Å². The third kappa shape index (κ3) is 3.79. The van der Waals surface area contributed by atoms with Crippen LogP contribution in [-0.2, 0) is 6.54 Å². The van der Waals surface area contributed by atoms with Crippen molar-refractivity contribution in [2.45, 2.75) is 26.5 Å². The lowest BCUT2D eigenvalue weighted by molar-refractivity contribution is -0.385. The van der Waals surface area contributed by atoms with Crippen LogP contribution in [0.25, 0.3) is 0 Å². The number of hydrogen-bond acceptors (Lipinski definition) is 5. The summed E-state index contributed by atoms with van der Waals surface area (Å²) >= 11 is 0. The van der Waals surface area contributed by atoms with Crippen LogP contribution in [0, 0.1) is 24.0 Å². The molecule has 1 aromatic heterocycles. The second-order valence-corrected chi connectivity index (χ2v) is 4.80. The second-order valence-electron chi connectivity index (χ2n) is 4.80. The van der Waals surface area contributed by atoms with Crippen molar-refractivity contribution in [1.29, 1.82) is 0 Å². The highest BCUT2D eigenvalue weighted by atomic mass is 16.6. The van der Waals surface area contributed by atoms with Gasteiger partial charge in [0.25, 0.3) is 0 Å². The summed E-state index contributed by atoms with van der Waals surface area (Å²) in [5.41, 5.74) is 1.70. The van der Waals surface area contributed by atoms with Gasteiger partial charge in [-0.3, -0.25) is 14.8 Å². The van der Waals surface area contributed by atoms with Crippen LogP contribution in [-0.4, -0.2) is 32.5 Å². The summed E-state index contributed by atoms with van der Waals surface area (Å²) in [5.74, 6) is 0.148. The monoisotopic (exact) mass is 291 g/mol. The van der Waals surface area contributed by atoms with Gasteiger partial charge in [0.1, 0.15) is 12.7 Å². The fourth-order valence-electron chi connectivity index (χ4n) is 2.03. The Morgan fingerprint density at radius 2 is 2.14 bits per heavy atom. The lowest BCUT2D eigenvalue weighted by atomic mass is 10.3. The largest absolute Gasteiger partial charge is 0.484 e. The molecule has 0 radical (unpaired) electrons. The molecule has 2 aromatic rings. The van der Waals surface area contributed by atoms with E-state index in [2.05, 4.69) is 5.10 Å². The maximum atomic E-state index is 10.9. The Morgan fingerprint density at radius 3 is 2.76 bits per heavy atom. The smallest absolute Gasteiger partial charge is 0.310 e. The molecule has 1 heterocycles. The Hall–Kier alpha value is -2.41. The molecule has 1 aromatic carbocycles. The van der Waals surface area contributed by atoms with Gasteiger partial charge in [-0.1, -0.05) is 12.1 Å². The highest BCUT2D eigenvalue weighted by Crippen LogP contribution is 2.25. The molecule has 7 nitrogen and oxygen atoms in total. The molecule has 112 valence electrons. The van der Waals surface area contributed by atoms with Gasteiger partial charge in [0.2, 0.25) is 0 Å². The summed E-state index contributed by atoms with van der Waals surface area (Å²) in [6.07, 6.45) is -0.803. The second kappa shape index (κ2) is 6.36. The third-order valence-electron chi connectivity index (χ3n) is 2.98. The first-order chi connectivity index (χ1) is 9.97. The maximum Gasteiger partial charge on any atom is 0.310 e. The summed E-state index contributed by atoms with van der Waals surface area (Å²) in [7, 11) is 0. The normalized spacial score (nSPS) is 12.1. The molecule has 0 saturated heterocycles. The molecule has 0 fully saturated rings. The van der Waals surface area contributed by atoms with Crippen molar-refractivity contribution in [3.05, 3.63) is 51.8 Å². The van der Waals surface area contributed by atoms with Crippen LogP contribution in [0.4, 0.5) is 5.69 Å². The van der Waals surface area contributed by atoms with Crippen molar-refractivity contribution in [3.8, 4) is 5.75 Å². The van der Waals surface area contributed by atoms with E-state index < -0.39 is 11.0 Å². The van der Waals surface area contributed by atoms with Crippen molar-refractivity contribution >= 4 is 5.69 Å². The Balaban J connectivity index is 1.97. The summed E-state index contributed by atoms with van der Waals surface area (Å²) in [5, 5.41) is 25.1. The number of nitro benzene ring substituents is 1. The van der Waals surface area contributed by atoms with Crippen LogP contribution < -0.4 is 4.74 Å². The maximum absolute atomic E-state index is 10.9. The molecule has 0 aliphatic rings. The van der Waals surface area contributed by atoms with Gasteiger partial charge in [-0.25, -0.2) is 0 Å². The molecule has 0 spiro atoms. The SMILES string of the molecule is Cc1cc(C)n(C[C@@H](O)COc2ccccc2[N+](=O)[O-])n1. The number of aliphatic hydroxyl groups is 1. The number of rotatable bonds is 6. The first-order valence-electron chi connectivity index (χ1n) is 6.52. The van der Waals surface area contributed by atoms with Gasteiger partial charge in [0, 0.05) is 11.8 Å². The van der Waals surface area contributed by atoms with Gasteiger partial charge in [-0.15, -0.1) is 0 Å². The number of benzene rings is 1. The predicted octanol–water partition coefficient (Wildman–Crippen LogP) is 1.85. The number of nitro groups is 1. The molecule has 0 unspecified atom stereocenters. The Kier molecular flexibility index (Phi) is 4.54. The van der Waals surface area contributed by atoms with Crippen molar-refractivity contribution in [2.75, 3.05) is 6.61 Å². The van der Waals surface area contributed by atoms with E-state index >= 15 is 0 Å². The molecular weight excluding hydrogens is 274 g/mol. The van der Waals surface area contributed by atoms with Gasteiger partial charge < -0.3 is 9.84 Å². The number of hydrogen-bond donors (Lipinski definition) is 1. The van der Waals surface area contributed by atoms with Gasteiger partial charge in [0.05, 0.1) is 17.2 Å². The van der Waals surface area contributed by atoms with E-state index in [4.69, 9.17) is 4.74 Å². The Bertz CT molecular complexity index is 639. The zero-order chi connectivity index (χ0) is 15.4. The van der Waals surface area contributed by atoms with E-state index in [0.717, 1.165) is 11.4 Å². The third-order valence-corrected chi connectivity index (χ3v) is 2.98. The van der Waals surface area contributed by atoms with Crippen molar-refractivity contribution in [3.63, 3.8) is 0 Å². The van der Waals surface area contributed by atoms with E-state index in [9.17, 15) is 15.2 Å². The minimum absolute atomic E-state index is 0.0385. The number of para-hydroxylation sites is 2. The average Bonchev–Trinajstić information content (AvgIpc) is 2.74.